The molecule has 1 aliphatic carbocycles. The molecule has 3 nitrogen and oxygen atoms in total. The van der Waals surface area contributed by atoms with Crippen LogP contribution in [0.5, 0.6) is 0 Å². The Morgan fingerprint density at radius 1 is 1.35 bits per heavy atom. The summed E-state index contributed by atoms with van der Waals surface area (Å²) in [6.07, 6.45) is 5.35. The van der Waals surface area contributed by atoms with Crippen molar-refractivity contribution in [3.8, 4) is 0 Å². The van der Waals surface area contributed by atoms with Crippen molar-refractivity contribution in [2.24, 2.45) is 18.2 Å². The predicted octanol–water partition coefficient (Wildman–Crippen LogP) is 3.19. The first kappa shape index (κ1) is 13.4. The highest BCUT2D eigenvalue weighted by Crippen LogP contribution is 2.36. The number of fused-ring (bicyclic) bond motifs is 1. The number of nitrogens with zero attached hydrogens (tertiary/aromatic N) is 2. The average Bonchev–Trinajstić information content (AvgIpc) is 2.64. The SMILES string of the molecule is Cn1nc(CC2=CC(N)CC(C)(C)C2)c2ccccc21. The number of benzene rings is 1. The summed E-state index contributed by atoms with van der Waals surface area (Å²) in [6.45, 7) is 4.60. The number of rotatable bonds is 2. The van der Waals surface area contributed by atoms with Gasteiger partial charge in [0.2, 0.25) is 0 Å². The number of allylic oxidation sites excluding steroid dienone is 1. The summed E-state index contributed by atoms with van der Waals surface area (Å²) in [5, 5.41) is 5.95. The lowest BCUT2D eigenvalue weighted by molar-refractivity contribution is 0.299. The van der Waals surface area contributed by atoms with Gasteiger partial charge in [0.05, 0.1) is 11.2 Å². The highest BCUT2D eigenvalue weighted by Gasteiger charge is 2.27. The van der Waals surface area contributed by atoms with Crippen molar-refractivity contribution in [3.05, 3.63) is 41.6 Å². The van der Waals surface area contributed by atoms with E-state index in [-0.39, 0.29) is 6.04 Å². The Labute approximate surface area is 120 Å². The summed E-state index contributed by atoms with van der Waals surface area (Å²) in [7, 11) is 2.01. The van der Waals surface area contributed by atoms with Crippen LogP contribution in [0.15, 0.2) is 35.9 Å². The van der Waals surface area contributed by atoms with E-state index in [1.54, 1.807) is 0 Å². The van der Waals surface area contributed by atoms with E-state index in [9.17, 15) is 0 Å². The van der Waals surface area contributed by atoms with Gasteiger partial charge in [-0.3, -0.25) is 4.68 Å². The molecular formula is C17H23N3. The Bertz CT molecular complexity index is 664. The van der Waals surface area contributed by atoms with E-state index in [1.807, 2.05) is 11.7 Å². The lowest BCUT2D eigenvalue weighted by atomic mass is 9.74. The van der Waals surface area contributed by atoms with E-state index in [0.29, 0.717) is 5.41 Å². The number of aromatic nitrogens is 2. The zero-order valence-electron chi connectivity index (χ0n) is 12.6. The molecule has 106 valence electrons. The molecular weight excluding hydrogens is 246 g/mol. The molecule has 2 N–H and O–H groups in total. The minimum Gasteiger partial charge on any atom is -0.324 e. The molecule has 0 bridgehead atoms. The molecule has 1 heterocycles. The fourth-order valence-electron chi connectivity index (χ4n) is 3.50. The Morgan fingerprint density at radius 3 is 2.85 bits per heavy atom. The van der Waals surface area contributed by atoms with Crippen molar-refractivity contribution >= 4 is 10.9 Å². The van der Waals surface area contributed by atoms with Gasteiger partial charge in [-0.05, 0) is 24.3 Å². The van der Waals surface area contributed by atoms with Crippen LogP contribution in [-0.2, 0) is 13.5 Å². The van der Waals surface area contributed by atoms with Gasteiger partial charge in [0.1, 0.15) is 0 Å². The molecule has 1 aliphatic rings. The second kappa shape index (κ2) is 4.74. The van der Waals surface area contributed by atoms with Crippen molar-refractivity contribution < 1.29 is 0 Å². The molecule has 0 fully saturated rings. The standard InChI is InChI=1S/C17H23N3/c1-17(2)10-12(8-13(18)11-17)9-15-14-6-4-5-7-16(14)20(3)19-15/h4-8,13H,9-11,18H2,1-3H3. The third kappa shape index (κ3) is 2.50. The van der Waals surface area contributed by atoms with Gasteiger partial charge in [0.25, 0.3) is 0 Å². The molecule has 2 aromatic rings. The molecule has 0 aliphatic heterocycles. The first-order valence-corrected chi connectivity index (χ1v) is 7.30. The summed E-state index contributed by atoms with van der Waals surface area (Å²) >= 11 is 0. The van der Waals surface area contributed by atoms with Crippen LogP contribution < -0.4 is 5.73 Å². The highest BCUT2D eigenvalue weighted by molar-refractivity contribution is 5.82. The van der Waals surface area contributed by atoms with Crippen molar-refractivity contribution in [2.45, 2.75) is 39.2 Å². The number of nitrogens with two attached hydrogens (primary N) is 1. The van der Waals surface area contributed by atoms with Crippen molar-refractivity contribution in [1.82, 2.24) is 9.78 Å². The van der Waals surface area contributed by atoms with Gasteiger partial charge in [-0.1, -0.05) is 43.7 Å². The van der Waals surface area contributed by atoms with Crippen LogP contribution in [-0.4, -0.2) is 15.8 Å². The second-order valence-electron chi connectivity index (χ2n) is 6.80. The first-order chi connectivity index (χ1) is 9.44. The van der Waals surface area contributed by atoms with Gasteiger partial charge in [0.15, 0.2) is 0 Å². The molecule has 20 heavy (non-hydrogen) atoms. The number of hydrogen-bond donors (Lipinski definition) is 1. The van der Waals surface area contributed by atoms with Crippen LogP contribution in [0.25, 0.3) is 10.9 Å². The summed E-state index contributed by atoms with van der Waals surface area (Å²) in [5.41, 5.74) is 10.3. The number of hydrogen-bond acceptors (Lipinski definition) is 2. The molecule has 3 heteroatoms. The fourth-order valence-corrected chi connectivity index (χ4v) is 3.50. The quantitative estimate of drug-likeness (QED) is 0.851. The molecule has 3 rings (SSSR count). The van der Waals surface area contributed by atoms with E-state index < -0.39 is 0 Å². The smallest absolute Gasteiger partial charge is 0.0743 e. The van der Waals surface area contributed by atoms with Crippen molar-refractivity contribution in [3.63, 3.8) is 0 Å². The molecule has 1 unspecified atom stereocenters. The van der Waals surface area contributed by atoms with E-state index in [4.69, 9.17) is 10.8 Å². The fraction of sp³-hybridized carbons (Fsp3) is 0.471. The normalized spacial score (nSPS) is 22.0. The largest absolute Gasteiger partial charge is 0.324 e. The Kier molecular flexibility index (Phi) is 3.17. The van der Waals surface area contributed by atoms with Gasteiger partial charge >= 0.3 is 0 Å². The molecule has 1 aromatic carbocycles. The predicted molar refractivity (Wildman–Crippen MR) is 83.5 cm³/mol. The molecule has 1 aromatic heterocycles. The first-order valence-electron chi connectivity index (χ1n) is 7.30. The van der Waals surface area contributed by atoms with Crippen LogP contribution in [0, 0.1) is 5.41 Å². The second-order valence-corrected chi connectivity index (χ2v) is 6.80. The minimum atomic E-state index is 0.184. The van der Waals surface area contributed by atoms with Gasteiger partial charge in [-0.15, -0.1) is 0 Å². The van der Waals surface area contributed by atoms with Crippen molar-refractivity contribution in [2.75, 3.05) is 0 Å². The lowest BCUT2D eigenvalue weighted by Crippen LogP contribution is -2.31. The lowest BCUT2D eigenvalue weighted by Gasteiger charge is -2.33. The number of aryl methyl sites for hydroxylation is 1. The molecule has 0 amide bonds. The monoisotopic (exact) mass is 269 g/mol. The maximum atomic E-state index is 6.17. The summed E-state index contributed by atoms with van der Waals surface area (Å²) in [6, 6.07) is 8.61. The Balaban J connectivity index is 1.94. The third-order valence-corrected chi connectivity index (χ3v) is 4.17. The van der Waals surface area contributed by atoms with Crippen molar-refractivity contribution in [1.29, 1.82) is 0 Å². The number of para-hydroxylation sites is 1. The summed E-state index contributed by atoms with van der Waals surface area (Å²) in [5.74, 6) is 0. The van der Waals surface area contributed by atoms with E-state index in [2.05, 4.69) is 44.2 Å². The zero-order chi connectivity index (χ0) is 14.3. The van der Waals surface area contributed by atoms with E-state index in [1.165, 1.54) is 22.2 Å². The van der Waals surface area contributed by atoms with Crippen LogP contribution in [0.1, 0.15) is 32.4 Å². The maximum absolute atomic E-state index is 6.17. The van der Waals surface area contributed by atoms with Crippen LogP contribution in [0.4, 0.5) is 0 Å². The average molecular weight is 269 g/mol. The van der Waals surface area contributed by atoms with Crippen LogP contribution in [0.3, 0.4) is 0 Å². The molecule has 0 saturated heterocycles. The van der Waals surface area contributed by atoms with E-state index in [0.717, 1.165) is 19.3 Å². The molecule has 0 spiro atoms. The van der Waals surface area contributed by atoms with E-state index >= 15 is 0 Å². The zero-order valence-corrected chi connectivity index (χ0v) is 12.6. The summed E-state index contributed by atoms with van der Waals surface area (Å²) in [4.78, 5) is 0. The molecule has 0 saturated carbocycles. The van der Waals surface area contributed by atoms with Gasteiger partial charge < -0.3 is 5.73 Å². The highest BCUT2D eigenvalue weighted by atomic mass is 15.3. The topological polar surface area (TPSA) is 43.8 Å². The Hall–Kier alpha value is -1.61. The van der Waals surface area contributed by atoms with Crippen LogP contribution >= 0.6 is 0 Å². The van der Waals surface area contributed by atoms with Gasteiger partial charge in [-0.2, -0.15) is 5.10 Å². The van der Waals surface area contributed by atoms with Crippen LogP contribution in [0.2, 0.25) is 0 Å². The maximum Gasteiger partial charge on any atom is 0.0743 e. The third-order valence-electron chi connectivity index (χ3n) is 4.17. The molecule has 0 radical (unpaired) electrons. The summed E-state index contributed by atoms with van der Waals surface area (Å²) < 4.78 is 1.97. The van der Waals surface area contributed by atoms with Gasteiger partial charge in [-0.25, -0.2) is 0 Å². The van der Waals surface area contributed by atoms with Gasteiger partial charge in [0, 0.05) is 24.9 Å². The Morgan fingerprint density at radius 2 is 2.10 bits per heavy atom. The minimum absolute atomic E-state index is 0.184. The molecule has 1 atom stereocenters.